The van der Waals surface area contributed by atoms with Crippen LogP contribution in [0.2, 0.25) is 0 Å². The van der Waals surface area contributed by atoms with E-state index in [9.17, 15) is 23.2 Å². The number of rotatable bonds is 4. The Labute approximate surface area is 236 Å². The highest BCUT2D eigenvalue weighted by molar-refractivity contribution is 5.97. The molecule has 2 atom stereocenters. The Hall–Kier alpha value is -4.05. The molecule has 2 aliphatic carbocycles. The van der Waals surface area contributed by atoms with E-state index in [2.05, 4.69) is 21.3 Å². The standard InChI is InChI=1S/C31H31F2N5O3/c32-21-10-19(11-22(33)13-21)25-16-35-31(7-1-2-8-31)29(41)38(25)17-26(39)36-23-6-5-18-14-30(15-20(18)12-23)24-4-3-9-34-27(24)37-28(30)40/h3-6,10-13,25,34-35H,1-2,7-9,14-17H2,(H,36,39)(H,37,40)/t25-,30+/m0/s1. The van der Waals surface area contributed by atoms with E-state index >= 15 is 0 Å². The largest absolute Gasteiger partial charge is 0.368 e. The van der Waals surface area contributed by atoms with Gasteiger partial charge in [0.25, 0.3) is 0 Å². The Bertz CT molecular complexity index is 1530. The molecule has 0 aromatic heterocycles. The maximum atomic E-state index is 14.1. The topological polar surface area (TPSA) is 103 Å². The van der Waals surface area contributed by atoms with Crippen LogP contribution in [0.5, 0.6) is 0 Å². The van der Waals surface area contributed by atoms with Crippen LogP contribution < -0.4 is 21.3 Å². The first-order chi connectivity index (χ1) is 19.8. The van der Waals surface area contributed by atoms with Crippen molar-refractivity contribution < 1.29 is 23.2 Å². The number of nitrogens with one attached hydrogen (secondary N) is 4. The fourth-order valence-electron chi connectivity index (χ4n) is 7.35. The Balaban J connectivity index is 1.11. The monoisotopic (exact) mass is 559 g/mol. The summed E-state index contributed by atoms with van der Waals surface area (Å²) >= 11 is 0. The van der Waals surface area contributed by atoms with Crippen LogP contribution in [-0.4, -0.2) is 47.8 Å². The number of hydrogen-bond donors (Lipinski definition) is 4. The van der Waals surface area contributed by atoms with Crippen molar-refractivity contribution in [2.45, 2.75) is 50.1 Å². The summed E-state index contributed by atoms with van der Waals surface area (Å²) in [6, 6.07) is 8.18. The number of anilines is 1. The van der Waals surface area contributed by atoms with E-state index in [1.54, 1.807) is 0 Å². The summed E-state index contributed by atoms with van der Waals surface area (Å²) in [5.41, 5.74) is 2.47. The second-order valence-electron chi connectivity index (χ2n) is 11.8. The van der Waals surface area contributed by atoms with Crippen molar-refractivity contribution in [2.75, 3.05) is 25.0 Å². The molecule has 7 rings (SSSR count). The fourth-order valence-corrected chi connectivity index (χ4v) is 7.35. The highest BCUT2D eigenvalue weighted by Gasteiger charge is 2.52. The Kier molecular flexibility index (Phi) is 6.01. The number of piperazine rings is 1. The van der Waals surface area contributed by atoms with Crippen molar-refractivity contribution in [3.05, 3.63) is 88.3 Å². The summed E-state index contributed by atoms with van der Waals surface area (Å²) in [7, 11) is 0. The van der Waals surface area contributed by atoms with Gasteiger partial charge >= 0.3 is 0 Å². The van der Waals surface area contributed by atoms with Gasteiger partial charge in [-0.3, -0.25) is 14.4 Å². The number of fused-ring (bicyclic) bond motifs is 2. The Morgan fingerprint density at radius 2 is 1.78 bits per heavy atom. The third kappa shape index (κ3) is 4.23. The van der Waals surface area contributed by atoms with Crippen molar-refractivity contribution in [3.8, 4) is 0 Å². The summed E-state index contributed by atoms with van der Waals surface area (Å²) in [5.74, 6) is -1.33. The number of dihydropyridines is 1. The minimum atomic E-state index is -0.748. The van der Waals surface area contributed by atoms with E-state index in [1.165, 1.54) is 17.0 Å². The second kappa shape index (κ2) is 9.51. The summed E-state index contributed by atoms with van der Waals surface area (Å²) < 4.78 is 28.2. The predicted molar refractivity (Wildman–Crippen MR) is 147 cm³/mol. The van der Waals surface area contributed by atoms with E-state index in [4.69, 9.17) is 0 Å². The van der Waals surface area contributed by atoms with Crippen LogP contribution in [-0.2, 0) is 27.2 Å². The average Bonchev–Trinajstić information content (AvgIpc) is 3.63. The van der Waals surface area contributed by atoms with Crippen molar-refractivity contribution >= 4 is 23.4 Å². The van der Waals surface area contributed by atoms with E-state index in [1.807, 2.05) is 30.4 Å². The zero-order valence-corrected chi connectivity index (χ0v) is 22.5. The van der Waals surface area contributed by atoms with Gasteiger partial charge in [0.05, 0.1) is 17.0 Å². The van der Waals surface area contributed by atoms with Crippen LogP contribution in [0.4, 0.5) is 14.5 Å². The number of allylic oxidation sites excluding steroid dienone is 1. The fraction of sp³-hybridized carbons (Fsp3) is 0.387. The number of amides is 3. The van der Waals surface area contributed by atoms with Gasteiger partial charge < -0.3 is 26.2 Å². The van der Waals surface area contributed by atoms with E-state index < -0.39 is 34.5 Å². The van der Waals surface area contributed by atoms with Gasteiger partial charge in [0.1, 0.15) is 24.0 Å². The SMILES string of the molecule is O=C(CN1C(=O)C2(CCCC2)NC[C@H]1c1cc(F)cc(F)c1)Nc1ccc2c(c1)C[C@@]1(C2)C(=O)NC2=C1C=CCN2. The molecule has 2 spiro atoms. The lowest BCUT2D eigenvalue weighted by Crippen LogP contribution is -2.64. The molecule has 3 amide bonds. The molecule has 8 nitrogen and oxygen atoms in total. The maximum Gasteiger partial charge on any atom is 0.244 e. The van der Waals surface area contributed by atoms with Gasteiger partial charge in [0.15, 0.2) is 0 Å². The number of nitrogens with zero attached hydrogens (tertiary/aromatic N) is 1. The van der Waals surface area contributed by atoms with E-state index in [-0.39, 0.29) is 18.4 Å². The molecule has 1 saturated heterocycles. The summed E-state index contributed by atoms with van der Waals surface area (Å²) in [5, 5.41) is 12.5. The summed E-state index contributed by atoms with van der Waals surface area (Å²) in [6.07, 6.45) is 8.25. The summed E-state index contributed by atoms with van der Waals surface area (Å²) in [6.45, 7) is 0.720. The zero-order valence-electron chi connectivity index (χ0n) is 22.5. The molecule has 1 saturated carbocycles. The lowest BCUT2D eigenvalue weighted by molar-refractivity contribution is -0.147. The van der Waals surface area contributed by atoms with Gasteiger partial charge in [-0.15, -0.1) is 0 Å². The molecule has 2 aromatic carbocycles. The van der Waals surface area contributed by atoms with Crippen LogP contribution in [0.3, 0.4) is 0 Å². The molecule has 10 heteroatoms. The molecule has 5 aliphatic rings. The minimum Gasteiger partial charge on any atom is -0.368 e. The van der Waals surface area contributed by atoms with Crippen LogP contribution >= 0.6 is 0 Å². The van der Waals surface area contributed by atoms with Crippen LogP contribution in [0, 0.1) is 17.0 Å². The second-order valence-corrected chi connectivity index (χ2v) is 11.8. The molecule has 0 bridgehead atoms. The highest BCUT2D eigenvalue weighted by Crippen LogP contribution is 2.48. The molecule has 3 aliphatic heterocycles. The normalized spacial score (nSPS) is 25.9. The first-order valence-electron chi connectivity index (χ1n) is 14.2. The molecule has 4 N–H and O–H groups in total. The number of carbonyl (C=O) groups excluding carboxylic acids is 3. The van der Waals surface area contributed by atoms with Gasteiger partial charge in [-0.25, -0.2) is 8.78 Å². The number of carbonyl (C=O) groups is 3. The molecule has 0 radical (unpaired) electrons. The van der Waals surface area contributed by atoms with Crippen molar-refractivity contribution in [1.82, 2.24) is 20.9 Å². The first kappa shape index (κ1) is 25.9. The molecule has 41 heavy (non-hydrogen) atoms. The van der Waals surface area contributed by atoms with Gasteiger partial charge in [-0.2, -0.15) is 0 Å². The molecule has 2 fully saturated rings. The molecular formula is C31H31F2N5O3. The Morgan fingerprint density at radius 3 is 2.56 bits per heavy atom. The Morgan fingerprint density at radius 1 is 1.02 bits per heavy atom. The highest BCUT2D eigenvalue weighted by atomic mass is 19.1. The van der Waals surface area contributed by atoms with Crippen LogP contribution in [0.15, 0.2) is 59.9 Å². The number of benzene rings is 2. The van der Waals surface area contributed by atoms with Gasteiger partial charge in [-0.05, 0) is 66.6 Å². The van der Waals surface area contributed by atoms with Crippen molar-refractivity contribution in [2.24, 2.45) is 5.41 Å². The van der Waals surface area contributed by atoms with E-state index in [0.717, 1.165) is 41.4 Å². The molecule has 0 unspecified atom stereocenters. The number of halogens is 2. The molecule has 212 valence electrons. The van der Waals surface area contributed by atoms with Gasteiger partial charge in [-0.1, -0.05) is 31.1 Å². The molecular weight excluding hydrogens is 528 g/mol. The molecule has 2 aromatic rings. The summed E-state index contributed by atoms with van der Waals surface area (Å²) in [4.78, 5) is 41.7. The van der Waals surface area contributed by atoms with Crippen molar-refractivity contribution in [1.29, 1.82) is 0 Å². The van der Waals surface area contributed by atoms with E-state index in [0.29, 0.717) is 50.0 Å². The minimum absolute atomic E-state index is 0.0266. The zero-order chi connectivity index (χ0) is 28.4. The quantitative estimate of drug-likeness (QED) is 0.462. The molecule has 3 heterocycles. The van der Waals surface area contributed by atoms with Crippen LogP contribution in [0.25, 0.3) is 0 Å². The van der Waals surface area contributed by atoms with Gasteiger partial charge in [0, 0.05) is 30.4 Å². The lowest BCUT2D eigenvalue weighted by Gasteiger charge is -2.45. The predicted octanol–water partition coefficient (Wildman–Crippen LogP) is 2.98. The third-order valence-electron chi connectivity index (χ3n) is 9.33. The lowest BCUT2D eigenvalue weighted by atomic mass is 9.78. The third-order valence-corrected chi connectivity index (χ3v) is 9.33. The maximum absolute atomic E-state index is 14.1. The smallest absolute Gasteiger partial charge is 0.244 e. The average molecular weight is 560 g/mol. The van der Waals surface area contributed by atoms with Crippen LogP contribution in [0.1, 0.15) is 48.4 Å². The van der Waals surface area contributed by atoms with Crippen molar-refractivity contribution in [3.63, 3.8) is 0 Å². The van der Waals surface area contributed by atoms with Gasteiger partial charge in [0.2, 0.25) is 17.7 Å². The first-order valence-corrected chi connectivity index (χ1v) is 14.2. The number of hydrogen-bond acceptors (Lipinski definition) is 5.